The summed E-state index contributed by atoms with van der Waals surface area (Å²) in [6.07, 6.45) is 1.94. The molecule has 2 atom stereocenters. The van der Waals surface area contributed by atoms with Crippen LogP contribution in [0.1, 0.15) is 35.4 Å². The van der Waals surface area contributed by atoms with Gasteiger partial charge in [0.05, 0.1) is 5.69 Å². The van der Waals surface area contributed by atoms with Crippen molar-refractivity contribution in [3.05, 3.63) is 35.2 Å². The Labute approximate surface area is 111 Å². The van der Waals surface area contributed by atoms with Gasteiger partial charge in [0.2, 0.25) is 0 Å². The van der Waals surface area contributed by atoms with E-state index in [1.54, 1.807) is 0 Å². The van der Waals surface area contributed by atoms with Gasteiger partial charge >= 0.3 is 0 Å². The highest BCUT2D eigenvalue weighted by molar-refractivity contribution is 5.61. The Kier molecular flexibility index (Phi) is 2.69. The molecule has 19 heavy (non-hydrogen) atoms. The van der Waals surface area contributed by atoms with Crippen molar-refractivity contribution in [3.63, 3.8) is 0 Å². The van der Waals surface area contributed by atoms with Gasteiger partial charge in [-0.25, -0.2) is 9.67 Å². The van der Waals surface area contributed by atoms with Gasteiger partial charge in [-0.1, -0.05) is 0 Å². The van der Waals surface area contributed by atoms with Crippen LogP contribution >= 0.6 is 0 Å². The van der Waals surface area contributed by atoms with E-state index >= 15 is 0 Å². The van der Waals surface area contributed by atoms with Crippen molar-refractivity contribution in [1.82, 2.24) is 19.7 Å². The molecule has 0 saturated heterocycles. The van der Waals surface area contributed by atoms with Gasteiger partial charge in [-0.15, -0.1) is 0 Å². The van der Waals surface area contributed by atoms with Crippen molar-refractivity contribution in [2.45, 2.75) is 33.1 Å². The molecule has 0 bridgehead atoms. The van der Waals surface area contributed by atoms with Gasteiger partial charge in [-0.05, 0) is 39.3 Å². The van der Waals surface area contributed by atoms with Gasteiger partial charge in [-0.2, -0.15) is 5.10 Å². The Hall–Kier alpha value is -2.04. The van der Waals surface area contributed by atoms with Crippen LogP contribution in [0.4, 0.5) is 0 Å². The lowest BCUT2D eigenvalue weighted by atomic mass is 10.2. The lowest BCUT2D eigenvalue weighted by molar-refractivity contribution is -0.108. The van der Waals surface area contributed by atoms with Crippen LogP contribution in [0, 0.1) is 26.7 Å². The summed E-state index contributed by atoms with van der Waals surface area (Å²) in [6.45, 7) is 5.77. The minimum absolute atomic E-state index is 0.140. The molecule has 0 radical (unpaired) electrons. The minimum Gasteiger partial charge on any atom is -0.303 e. The third kappa shape index (κ3) is 2.16. The molecule has 2 heterocycles. The lowest BCUT2D eigenvalue weighted by Crippen LogP contribution is -2.03. The zero-order chi connectivity index (χ0) is 13.6. The smallest absolute Gasteiger partial charge is 0.148 e. The Bertz CT molecular complexity index is 647. The predicted molar refractivity (Wildman–Crippen MR) is 70.3 cm³/mol. The summed E-state index contributed by atoms with van der Waals surface area (Å²) in [7, 11) is 0. The average molecular weight is 256 g/mol. The molecule has 0 unspecified atom stereocenters. The molecule has 1 aliphatic rings. The molecule has 3 rings (SSSR count). The van der Waals surface area contributed by atoms with Crippen molar-refractivity contribution < 1.29 is 4.79 Å². The number of aromatic nitrogens is 4. The third-order valence-corrected chi connectivity index (χ3v) is 3.47. The van der Waals surface area contributed by atoms with Gasteiger partial charge in [0.25, 0.3) is 0 Å². The fourth-order valence-corrected chi connectivity index (χ4v) is 2.46. The maximum atomic E-state index is 10.8. The quantitative estimate of drug-likeness (QED) is 0.787. The van der Waals surface area contributed by atoms with Gasteiger partial charge in [0, 0.05) is 23.2 Å². The zero-order valence-corrected chi connectivity index (χ0v) is 11.3. The van der Waals surface area contributed by atoms with E-state index in [0.29, 0.717) is 0 Å². The highest BCUT2D eigenvalue weighted by Crippen LogP contribution is 2.45. The monoisotopic (exact) mass is 256 g/mol. The lowest BCUT2D eigenvalue weighted by Gasteiger charge is -2.07. The Balaban J connectivity index is 2.03. The first kappa shape index (κ1) is 12.0. The molecule has 1 fully saturated rings. The van der Waals surface area contributed by atoms with Crippen molar-refractivity contribution in [2.24, 2.45) is 5.92 Å². The number of carbonyl (C=O) groups excluding carboxylic acids is 1. The van der Waals surface area contributed by atoms with Gasteiger partial charge in [0.15, 0.2) is 0 Å². The molecule has 98 valence electrons. The van der Waals surface area contributed by atoms with E-state index in [1.165, 1.54) is 0 Å². The second-order valence-electron chi connectivity index (χ2n) is 5.15. The van der Waals surface area contributed by atoms with E-state index < -0.39 is 0 Å². The first-order valence-electron chi connectivity index (χ1n) is 6.43. The van der Waals surface area contributed by atoms with Crippen LogP contribution in [0.5, 0.6) is 0 Å². The minimum atomic E-state index is 0.140. The molecule has 5 nitrogen and oxygen atoms in total. The normalized spacial score (nSPS) is 21.4. The third-order valence-electron chi connectivity index (χ3n) is 3.47. The number of carbonyl (C=O) groups is 1. The summed E-state index contributed by atoms with van der Waals surface area (Å²) in [5, 5.41) is 4.39. The Morgan fingerprint density at radius 3 is 2.63 bits per heavy atom. The topological polar surface area (TPSA) is 60.7 Å². The van der Waals surface area contributed by atoms with E-state index in [4.69, 9.17) is 0 Å². The number of pyridine rings is 1. The number of hydrogen-bond acceptors (Lipinski definition) is 4. The summed E-state index contributed by atoms with van der Waals surface area (Å²) in [6, 6.07) is 4.01. The molecule has 5 heteroatoms. The van der Waals surface area contributed by atoms with Crippen molar-refractivity contribution in [3.8, 4) is 5.69 Å². The molecule has 0 N–H and O–H groups in total. The van der Waals surface area contributed by atoms with E-state index in [9.17, 15) is 4.79 Å². The van der Waals surface area contributed by atoms with Gasteiger partial charge in [0.1, 0.15) is 17.9 Å². The van der Waals surface area contributed by atoms with Crippen LogP contribution in [0.15, 0.2) is 12.1 Å². The molecule has 1 saturated carbocycles. The first-order chi connectivity index (χ1) is 9.08. The summed E-state index contributed by atoms with van der Waals surface area (Å²) in [5.74, 6) is 2.03. The number of nitrogens with zero attached hydrogens (tertiary/aromatic N) is 4. The van der Waals surface area contributed by atoms with Crippen LogP contribution in [0.25, 0.3) is 5.69 Å². The van der Waals surface area contributed by atoms with Gasteiger partial charge < -0.3 is 4.79 Å². The van der Waals surface area contributed by atoms with Crippen LogP contribution in [0.2, 0.25) is 0 Å². The molecule has 0 amide bonds. The largest absolute Gasteiger partial charge is 0.303 e. The van der Waals surface area contributed by atoms with Crippen LogP contribution in [-0.4, -0.2) is 26.0 Å². The average Bonchev–Trinajstić information content (AvgIpc) is 3.07. The fourth-order valence-electron chi connectivity index (χ4n) is 2.46. The number of aldehydes is 1. The van der Waals surface area contributed by atoms with Crippen molar-refractivity contribution in [1.29, 1.82) is 0 Å². The van der Waals surface area contributed by atoms with E-state index in [-0.39, 0.29) is 11.8 Å². The number of hydrogen-bond donors (Lipinski definition) is 0. The van der Waals surface area contributed by atoms with Crippen LogP contribution < -0.4 is 0 Å². The predicted octanol–water partition coefficient (Wildman–Crippen LogP) is 1.89. The molecule has 2 aromatic heterocycles. The molecular formula is C14H16N4O. The maximum absolute atomic E-state index is 10.8. The highest BCUT2D eigenvalue weighted by atomic mass is 16.1. The van der Waals surface area contributed by atoms with Crippen LogP contribution in [-0.2, 0) is 4.79 Å². The molecule has 0 spiro atoms. The van der Waals surface area contributed by atoms with E-state index in [1.807, 2.05) is 37.6 Å². The van der Waals surface area contributed by atoms with Crippen LogP contribution in [0.3, 0.4) is 0 Å². The van der Waals surface area contributed by atoms with E-state index in [0.717, 1.165) is 41.4 Å². The second-order valence-corrected chi connectivity index (χ2v) is 5.15. The maximum Gasteiger partial charge on any atom is 0.148 e. The fraction of sp³-hybridized carbons (Fsp3) is 0.429. The zero-order valence-electron chi connectivity index (χ0n) is 11.3. The standard InChI is InChI=1S/C14H16N4O/c1-8-4-12(18-10(3)16-9(2)17-18)6-14(15-8)13-5-11(13)7-19/h4,6-7,11,13H,5H2,1-3H3/t11-,13+/m1/s1. The molecule has 1 aliphatic carbocycles. The molecular weight excluding hydrogens is 240 g/mol. The van der Waals surface area contributed by atoms with Gasteiger partial charge in [-0.3, -0.25) is 4.98 Å². The highest BCUT2D eigenvalue weighted by Gasteiger charge is 2.39. The number of aryl methyl sites for hydroxylation is 3. The number of rotatable bonds is 3. The Morgan fingerprint density at radius 1 is 1.26 bits per heavy atom. The first-order valence-corrected chi connectivity index (χ1v) is 6.43. The molecule has 2 aromatic rings. The second kappa shape index (κ2) is 4.26. The Morgan fingerprint density at radius 2 is 2.05 bits per heavy atom. The SMILES string of the molecule is Cc1cc(-n2nc(C)nc2C)cc([C@H]2C[C@@H]2C=O)n1. The summed E-state index contributed by atoms with van der Waals surface area (Å²) >= 11 is 0. The van der Waals surface area contributed by atoms with Crippen molar-refractivity contribution in [2.75, 3.05) is 0 Å². The molecule has 0 aliphatic heterocycles. The summed E-state index contributed by atoms with van der Waals surface area (Å²) < 4.78 is 1.83. The summed E-state index contributed by atoms with van der Waals surface area (Å²) in [5.41, 5.74) is 2.90. The summed E-state index contributed by atoms with van der Waals surface area (Å²) in [4.78, 5) is 19.6. The molecule has 0 aromatic carbocycles. The van der Waals surface area contributed by atoms with Crippen molar-refractivity contribution >= 4 is 6.29 Å². The van der Waals surface area contributed by atoms with E-state index in [2.05, 4.69) is 15.1 Å².